The van der Waals surface area contributed by atoms with Gasteiger partial charge in [0, 0.05) is 16.5 Å². The molecular formula is C30H23N3O4S. The molecule has 38 heavy (non-hydrogen) atoms. The number of aromatic nitrogens is 3. The first kappa shape index (κ1) is 22.7. The van der Waals surface area contributed by atoms with E-state index in [1.165, 1.54) is 17.7 Å². The molecule has 0 unspecified atom stereocenters. The number of hydrogen-bond acceptors (Lipinski definition) is 7. The molecule has 1 aliphatic rings. The average Bonchev–Trinajstić information content (AvgIpc) is 3.53. The van der Waals surface area contributed by atoms with Gasteiger partial charge in [0.15, 0.2) is 6.39 Å². The van der Waals surface area contributed by atoms with Crippen LogP contribution in [0.4, 0.5) is 0 Å². The van der Waals surface area contributed by atoms with Crippen LogP contribution in [0.3, 0.4) is 0 Å². The van der Waals surface area contributed by atoms with E-state index in [-0.39, 0.29) is 17.9 Å². The summed E-state index contributed by atoms with van der Waals surface area (Å²) < 4.78 is 13.3. The number of fused-ring (bicyclic) bond motifs is 3. The Hall–Kier alpha value is -4.43. The van der Waals surface area contributed by atoms with Crippen molar-refractivity contribution in [1.29, 1.82) is 0 Å². The van der Waals surface area contributed by atoms with E-state index in [2.05, 4.69) is 4.98 Å². The summed E-state index contributed by atoms with van der Waals surface area (Å²) in [6.45, 7) is 0.193. The number of nitrogens with zero attached hydrogens (tertiary/aromatic N) is 3. The van der Waals surface area contributed by atoms with Crippen LogP contribution in [-0.4, -0.2) is 26.8 Å². The smallest absolute Gasteiger partial charge is 0.263 e. The molecule has 188 valence electrons. The van der Waals surface area contributed by atoms with Crippen LogP contribution in [0.15, 0.2) is 82.5 Å². The highest BCUT2D eigenvalue weighted by Gasteiger charge is 2.29. The van der Waals surface area contributed by atoms with Crippen molar-refractivity contribution >= 4 is 31.6 Å². The molecule has 7 nitrogen and oxygen atoms in total. The molecule has 0 aliphatic heterocycles. The Bertz CT molecular complexity index is 1870. The number of phenols is 1. The van der Waals surface area contributed by atoms with E-state index >= 15 is 0 Å². The first-order valence-electron chi connectivity index (χ1n) is 12.4. The van der Waals surface area contributed by atoms with E-state index in [9.17, 15) is 9.90 Å². The van der Waals surface area contributed by atoms with E-state index in [0.29, 0.717) is 37.8 Å². The predicted octanol–water partition coefficient (Wildman–Crippen LogP) is 6.57. The summed E-state index contributed by atoms with van der Waals surface area (Å²) >= 11 is 1.34. The Morgan fingerprint density at radius 2 is 1.92 bits per heavy atom. The molecule has 0 atom stereocenters. The second kappa shape index (κ2) is 8.85. The van der Waals surface area contributed by atoms with Crippen molar-refractivity contribution in [1.82, 2.24) is 14.5 Å². The molecule has 0 radical (unpaired) electrons. The molecule has 0 saturated heterocycles. The molecule has 0 bridgehead atoms. The van der Waals surface area contributed by atoms with Gasteiger partial charge >= 0.3 is 0 Å². The second-order valence-electron chi connectivity index (χ2n) is 9.51. The number of aromatic hydroxyl groups is 1. The topological polar surface area (TPSA) is 90.4 Å². The Balaban J connectivity index is 1.51. The fraction of sp³-hybridized carbons (Fsp3) is 0.167. The van der Waals surface area contributed by atoms with Crippen LogP contribution < -0.4 is 10.3 Å². The molecule has 1 N–H and O–H groups in total. The number of hydrogen-bond donors (Lipinski definition) is 1. The van der Waals surface area contributed by atoms with Crippen LogP contribution >= 0.6 is 11.3 Å². The molecule has 1 saturated carbocycles. The van der Waals surface area contributed by atoms with Gasteiger partial charge in [0.05, 0.1) is 29.9 Å². The van der Waals surface area contributed by atoms with Crippen molar-refractivity contribution in [2.75, 3.05) is 7.11 Å². The largest absolute Gasteiger partial charge is 0.506 e. The molecule has 8 heteroatoms. The van der Waals surface area contributed by atoms with Crippen LogP contribution in [0.1, 0.15) is 30.1 Å². The highest BCUT2D eigenvalue weighted by atomic mass is 32.1. The van der Waals surface area contributed by atoms with Gasteiger partial charge in [-0.3, -0.25) is 9.36 Å². The lowest BCUT2D eigenvalue weighted by Crippen LogP contribution is -2.24. The van der Waals surface area contributed by atoms with E-state index in [1.54, 1.807) is 17.9 Å². The first-order chi connectivity index (χ1) is 18.6. The Labute approximate surface area is 221 Å². The molecule has 3 heterocycles. The molecule has 7 rings (SSSR count). The second-order valence-corrected chi connectivity index (χ2v) is 10.5. The van der Waals surface area contributed by atoms with Gasteiger partial charge in [-0.15, -0.1) is 11.3 Å². The van der Waals surface area contributed by atoms with Gasteiger partial charge in [-0.1, -0.05) is 36.4 Å². The molecule has 0 amide bonds. The molecule has 3 aromatic heterocycles. The molecule has 3 aromatic carbocycles. The minimum Gasteiger partial charge on any atom is -0.506 e. The lowest BCUT2D eigenvalue weighted by Gasteiger charge is -2.15. The molecule has 6 aromatic rings. The summed E-state index contributed by atoms with van der Waals surface area (Å²) in [6, 6.07) is 19.4. The zero-order valence-corrected chi connectivity index (χ0v) is 21.4. The number of oxazole rings is 1. The fourth-order valence-electron chi connectivity index (χ4n) is 5.09. The standard InChI is InChI=1S/C30H23N3O4S/c1-36-19-9-10-22(24(13-19)18-7-8-18)28-32-29-25(30(35)33(28)15-20-14-31-16-37-20)23-12-11-21(26(34)27(23)38-29)17-5-3-2-4-6-17/h2-6,9-14,16,18,34H,7-8,15H2,1H3. The number of benzene rings is 3. The van der Waals surface area contributed by atoms with E-state index in [0.717, 1.165) is 40.8 Å². The highest BCUT2D eigenvalue weighted by Crippen LogP contribution is 2.46. The summed E-state index contributed by atoms with van der Waals surface area (Å²) in [4.78, 5) is 23.9. The fourth-order valence-corrected chi connectivity index (χ4v) is 6.20. The van der Waals surface area contributed by atoms with Crippen molar-refractivity contribution in [2.45, 2.75) is 25.3 Å². The van der Waals surface area contributed by atoms with Crippen LogP contribution in [0.25, 0.3) is 42.8 Å². The molecular weight excluding hydrogens is 498 g/mol. The van der Waals surface area contributed by atoms with Gasteiger partial charge in [-0.2, -0.15) is 0 Å². The highest BCUT2D eigenvalue weighted by molar-refractivity contribution is 7.25. The summed E-state index contributed by atoms with van der Waals surface area (Å²) in [5.41, 5.74) is 3.47. The number of thiophene rings is 1. The SMILES string of the molecule is COc1ccc(-c2nc3sc4c(O)c(-c5ccccc5)ccc4c3c(=O)n2Cc2cnco2)c(C2CC2)c1. The monoisotopic (exact) mass is 521 g/mol. The van der Waals surface area contributed by atoms with Gasteiger partial charge in [0.2, 0.25) is 0 Å². The van der Waals surface area contributed by atoms with Gasteiger partial charge in [0.25, 0.3) is 5.56 Å². The number of rotatable bonds is 6. The van der Waals surface area contributed by atoms with Crippen molar-refractivity contribution in [3.63, 3.8) is 0 Å². The number of phenolic OH excluding ortho intramolecular Hbond substituents is 1. The molecule has 0 spiro atoms. The van der Waals surface area contributed by atoms with Crippen LogP contribution in [0.5, 0.6) is 11.5 Å². The number of ether oxygens (including phenoxy) is 1. The Morgan fingerprint density at radius 1 is 1.11 bits per heavy atom. The lowest BCUT2D eigenvalue weighted by atomic mass is 10.0. The minimum absolute atomic E-state index is 0.155. The van der Waals surface area contributed by atoms with Gasteiger partial charge in [0.1, 0.15) is 27.9 Å². The van der Waals surface area contributed by atoms with Gasteiger partial charge in [-0.05, 0) is 54.2 Å². The maximum atomic E-state index is 14.2. The quantitative estimate of drug-likeness (QED) is 0.266. The molecule has 1 fully saturated rings. The average molecular weight is 522 g/mol. The Kier molecular flexibility index (Phi) is 5.30. The lowest BCUT2D eigenvalue weighted by molar-refractivity contribution is 0.414. The summed E-state index contributed by atoms with van der Waals surface area (Å²) in [5.74, 6) is 2.47. The van der Waals surface area contributed by atoms with E-state index in [1.807, 2.05) is 60.7 Å². The third-order valence-electron chi connectivity index (χ3n) is 7.13. The summed E-state index contributed by atoms with van der Waals surface area (Å²) in [6.07, 6.45) is 5.15. The van der Waals surface area contributed by atoms with Crippen LogP contribution in [0, 0.1) is 0 Å². The van der Waals surface area contributed by atoms with Crippen molar-refractivity contribution < 1.29 is 14.3 Å². The summed E-state index contributed by atoms with van der Waals surface area (Å²) in [5, 5.41) is 12.5. The molecule has 1 aliphatic carbocycles. The first-order valence-corrected chi connectivity index (χ1v) is 13.2. The van der Waals surface area contributed by atoms with Gasteiger partial charge < -0.3 is 14.3 Å². The maximum absolute atomic E-state index is 14.2. The third kappa shape index (κ3) is 3.68. The normalized spacial score (nSPS) is 13.4. The maximum Gasteiger partial charge on any atom is 0.263 e. The van der Waals surface area contributed by atoms with Crippen molar-refractivity contribution in [2.24, 2.45) is 0 Å². The summed E-state index contributed by atoms with van der Waals surface area (Å²) in [7, 11) is 1.66. The van der Waals surface area contributed by atoms with E-state index < -0.39 is 0 Å². The van der Waals surface area contributed by atoms with Crippen molar-refractivity contribution in [3.05, 3.63) is 94.9 Å². The Morgan fingerprint density at radius 3 is 2.66 bits per heavy atom. The van der Waals surface area contributed by atoms with Crippen LogP contribution in [-0.2, 0) is 6.54 Å². The van der Waals surface area contributed by atoms with Crippen molar-refractivity contribution in [3.8, 4) is 34.0 Å². The predicted molar refractivity (Wildman–Crippen MR) is 148 cm³/mol. The zero-order valence-electron chi connectivity index (χ0n) is 20.5. The van der Waals surface area contributed by atoms with E-state index in [4.69, 9.17) is 14.1 Å². The third-order valence-corrected chi connectivity index (χ3v) is 8.24. The minimum atomic E-state index is -0.183. The zero-order chi connectivity index (χ0) is 25.8. The van der Waals surface area contributed by atoms with Crippen LogP contribution in [0.2, 0.25) is 0 Å². The number of methoxy groups -OCH3 is 1. The van der Waals surface area contributed by atoms with Gasteiger partial charge in [-0.25, -0.2) is 9.97 Å².